The molecule has 3 nitrogen and oxygen atoms in total. The molecule has 120 valence electrons. The third-order valence-electron chi connectivity index (χ3n) is 4.75. The quantitative estimate of drug-likeness (QED) is 0.642. The van der Waals surface area contributed by atoms with Crippen molar-refractivity contribution in [2.24, 2.45) is 0 Å². The van der Waals surface area contributed by atoms with E-state index in [1.807, 2.05) is 69.2 Å². The number of benzene rings is 2. The molecule has 0 radical (unpaired) electrons. The minimum absolute atomic E-state index is 0.0786. The van der Waals surface area contributed by atoms with Crippen LogP contribution in [-0.2, 0) is 17.6 Å². The van der Waals surface area contributed by atoms with Crippen LogP contribution in [0.2, 0.25) is 0 Å². The molecule has 0 amide bonds. The molecule has 0 saturated heterocycles. The maximum atomic E-state index is 12.8. The average molecular weight is 327 g/mol. The maximum absolute atomic E-state index is 12.8. The zero-order valence-corrected chi connectivity index (χ0v) is 14.7. The zero-order valence-electron chi connectivity index (χ0n) is 13.9. The van der Waals surface area contributed by atoms with E-state index in [0.29, 0.717) is 5.56 Å². The number of nitrogens with zero attached hydrogens (tertiary/aromatic N) is 1. The number of hydrogen-bond donors (Lipinski definition) is 0. The molecule has 0 fully saturated rings. The van der Waals surface area contributed by atoms with Crippen molar-refractivity contribution in [2.75, 3.05) is 14.1 Å². The second kappa shape index (κ2) is 5.78. The van der Waals surface area contributed by atoms with Crippen LogP contribution < -0.4 is 0 Å². The lowest BCUT2D eigenvalue weighted by atomic mass is 9.90. The highest BCUT2D eigenvalue weighted by atomic mass is 32.2. The van der Waals surface area contributed by atoms with Gasteiger partial charge in [0.15, 0.2) is 15.6 Å². The Morgan fingerprint density at radius 1 is 1.09 bits per heavy atom. The van der Waals surface area contributed by atoms with Gasteiger partial charge in [0.2, 0.25) is 0 Å². The molecule has 0 spiro atoms. The van der Waals surface area contributed by atoms with Crippen LogP contribution in [0, 0.1) is 0 Å². The second-order valence-corrected chi connectivity index (χ2v) is 8.08. The van der Waals surface area contributed by atoms with Crippen LogP contribution >= 0.6 is 0 Å². The van der Waals surface area contributed by atoms with Crippen LogP contribution in [0.3, 0.4) is 0 Å². The van der Waals surface area contributed by atoms with E-state index in [0.717, 1.165) is 27.3 Å². The van der Waals surface area contributed by atoms with Crippen molar-refractivity contribution >= 4 is 17.0 Å². The normalized spacial score (nSPS) is 16.9. The number of ketones is 1. The Morgan fingerprint density at radius 3 is 2.43 bits per heavy atom. The molecule has 1 heterocycles. The number of Topliss-reactive ketones (excluding diaryl/α,β-unsaturated/α-hetero) is 1. The molecule has 0 saturated carbocycles. The molecule has 0 N–H and O–H groups in total. The molecule has 1 atom stereocenters. The van der Waals surface area contributed by atoms with E-state index in [1.54, 1.807) is 6.07 Å². The largest absolute Gasteiger partial charge is 0.606 e. The average Bonchev–Trinajstić information content (AvgIpc) is 2.53. The zero-order chi connectivity index (χ0) is 16.8. The van der Waals surface area contributed by atoms with Crippen LogP contribution in [0.4, 0.5) is 0 Å². The predicted octanol–water partition coefficient (Wildman–Crippen LogP) is 3.28. The van der Waals surface area contributed by atoms with Gasteiger partial charge in [-0.15, -0.1) is 0 Å². The van der Waals surface area contributed by atoms with Gasteiger partial charge in [0.1, 0.15) is 0 Å². The summed E-state index contributed by atoms with van der Waals surface area (Å²) in [5.74, 6) is 0.0786. The van der Waals surface area contributed by atoms with Gasteiger partial charge >= 0.3 is 0 Å². The SMILES string of the molecule is CN(C)C(C)(C)C(=O)c1ccc2c(c1)Cc1ccccc1[S+]2[O-]. The van der Waals surface area contributed by atoms with Crippen molar-refractivity contribution < 1.29 is 9.35 Å². The van der Waals surface area contributed by atoms with Crippen LogP contribution in [-0.4, -0.2) is 34.9 Å². The van der Waals surface area contributed by atoms with Crippen molar-refractivity contribution in [3.63, 3.8) is 0 Å². The second-order valence-electron chi connectivity index (χ2n) is 6.66. The molecule has 23 heavy (non-hydrogen) atoms. The standard InChI is InChI=1S/C19H21NO2S/c1-19(2,20(3)4)18(21)14-9-10-17-15(12-14)11-13-7-5-6-8-16(13)23(17)22/h5-10,12H,11H2,1-4H3. The Hall–Kier alpha value is -1.62. The molecule has 0 bridgehead atoms. The fraction of sp³-hybridized carbons (Fsp3) is 0.316. The van der Waals surface area contributed by atoms with Gasteiger partial charge in [0.05, 0.1) is 5.54 Å². The van der Waals surface area contributed by atoms with Crippen molar-refractivity contribution in [3.05, 3.63) is 59.2 Å². The van der Waals surface area contributed by atoms with E-state index in [4.69, 9.17) is 0 Å². The molecule has 0 aromatic heterocycles. The summed E-state index contributed by atoms with van der Waals surface area (Å²) in [6, 6.07) is 13.4. The van der Waals surface area contributed by atoms with E-state index in [2.05, 4.69) is 0 Å². The van der Waals surface area contributed by atoms with Gasteiger partial charge in [0.25, 0.3) is 0 Å². The molecule has 1 aliphatic rings. The van der Waals surface area contributed by atoms with Crippen LogP contribution in [0.1, 0.15) is 35.3 Å². The molecule has 1 unspecified atom stereocenters. The van der Waals surface area contributed by atoms with Crippen LogP contribution in [0.25, 0.3) is 0 Å². The third kappa shape index (κ3) is 2.71. The van der Waals surface area contributed by atoms with Crippen molar-refractivity contribution in [1.29, 1.82) is 0 Å². The Kier molecular flexibility index (Phi) is 4.08. The molecule has 2 aromatic carbocycles. The predicted molar refractivity (Wildman–Crippen MR) is 92.5 cm³/mol. The van der Waals surface area contributed by atoms with Gasteiger partial charge in [-0.2, -0.15) is 0 Å². The summed E-state index contributed by atoms with van der Waals surface area (Å²) in [6.45, 7) is 3.84. The Labute approximate surface area is 140 Å². The highest BCUT2D eigenvalue weighted by molar-refractivity contribution is 7.91. The number of carbonyl (C=O) groups excluding carboxylic acids is 1. The molecular formula is C19H21NO2S. The highest BCUT2D eigenvalue weighted by Crippen LogP contribution is 2.35. The smallest absolute Gasteiger partial charge is 0.182 e. The fourth-order valence-corrected chi connectivity index (χ4v) is 4.13. The lowest BCUT2D eigenvalue weighted by molar-refractivity contribution is 0.0755. The number of hydrogen-bond acceptors (Lipinski definition) is 3. The summed E-state index contributed by atoms with van der Waals surface area (Å²) in [4.78, 5) is 16.4. The highest BCUT2D eigenvalue weighted by Gasteiger charge is 2.33. The summed E-state index contributed by atoms with van der Waals surface area (Å²) >= 11 is -1.16. The minimum Gasteiger partial charge on any atom is -0.606 e. The molecule has 1 aliphatic heterocycles. The van der Waals surface area contributed by atoms with E-state index < -0.39 is 16.7 Å². The first-order valence-electron chi connectivity index (χ1n) is 7.67. The van der Waals surface area contributed by atoms with E-state index in [9.17, 15) is 9.35 Å². The number of fused-ring (bicyclic) bond motifs is 2. The van der Waals surface area contributed by atoms with Gasteiger partial charge in [-0.05, 0) is 52.2 Å². The monoisotopic (exact) mass is 327 g/mol. The number of rotatable bonds is 3. The lowest BCUT2D eigenvalue weighted by Gasteiger charge is -2.31. The maximum Gasteiger partial charge on any atom is 0.182 e. The molecule has 3 rings (SSSR count). The van der Waals surface area contributed by atoms with Gasteiger partial charge in [-0.3, -0.25) is 9.69 Å². The van der Waals surface area contributed by atoms with Crippen LogP contribution in [0.15, 0.2) is 52.3 Å². The van der Waals surface area contributed by atoms with E-state index in [-0.39, 0.29) is 5.78 Å². The van der Waals surface area contributed by atoms with Gasteiger partial charge in [-0.25, -0.2) is 0 Å². The van der Waals surface area contributed by atoms with E-state index >= 15 is 0 Å². The fourth-order valence-electron chi connectivity index (χ4n) is 2.75. The third-order valence-corrected chi connectivity index (χ3v) is 6.34. The number of likely N-dealkylation sites (N-methyl/N-ethyl adjacent to an activating group) is 1. The van der Waals surface area contributed by atoms with Gasteiger partial charge in [0, 0.05) is 34.3 Å². The van der Waals surface area contributed by atoms with Crippen molar-refractivity contribution in [3.8, 4) is 0 Å². The summed E-state index contributed by atoms with van der Waals surface area (Å²) in [5, 5.41) is 0. The minimum atomic E-state index is -1.16. The molecule has 2 aromatic rings. The number of carbonyl (C=O) groups is 1. The summed E-state index contributed by atoms with van der Waals surface area (Å²) in [7, 11) is 3.81. The first kappa shape index (κ1) is 16.2. The summed E-state index contributed by atoms with van der Waals surface area (Å²) in [5.41, 5.74) is 2.18. The first-order valence-corrected chi connectivity index (χ1v) is 8.82. The van der Waals surface area contributed by atoms with Gasteiger partial charge in [-0.1, -0.05) is 18.2 Å². The summed E-state index contributed by atoms with van der Waals surface area (Å²) in [6.07, 6.45) is 0.723. The lowest BCUT2D eigenvalue weighted by Crippen LogP contribution is -2.45. The van der Waals surface area contributed by atoms with Crippen molar-refractivity contribution in [1.82, 2.24) is 4.90 Å². The van der Waals surface area contributed by atoms with Crippen LogP contribution in [0.5, 0.6) is 0 Å². The Bertz CT molecular complexity index is 768. The molecule has 4 heteroatoms. The van der Waals surface area contributed by atoms with Gasteiger partial charge < -0.3 is 4.55 Å². The topological polar surface area (TPSA) is 43.4 Å². The summed E-state index contributed by atoms with van der Waals surface area (Å²) < 4.78 is 12.7. The van der Waals surface area contributed by atoms with E-state index in [1.165, 1.54) is 0 Å². The Morgan fingerprint density at radius 2 is 1.74 bits per heavy atom. The molecular weight excluding hydrogens is 306 g/mol. The molecule has 0 aliphatic carbocycles. The van der Waals surface area contributed by atoms with Crippen molar-refractivity contribution in [2.45, 2.75) is 35.6 Å². The first-order chi connectivity index (χ1) is 10.8. The Balaban J connectivity index is 2.01.